The standard InChI is InChI=1S/C16H25N3/c1-12-9-13(11-17-2)10-16(18-12)19-8-7-14-5-3-4-6-15(14)19/h9-10,14-15,17H,3-8,11H2,1-2H3. The average Bonchev–Trinajstić information content (AvgIpc) is 2.82. The second-order valence-corrected chi connectivity index (χ2v) is 6.10. The summed E-state index contributed by atoms with van der Waals surface area (Å²) in [4.78, 5) is 7.37. The monoisotopic (exact) mass is 259 g/mol. The maximum atomic E-state index is 4.79. The molecule has 1 aromatic heterocycles. The van der Waals surface area contributed by atoms with Crippen molar-refractivity contribution in [3.05, 3.63) is 23.4 Å². The second-order valence-electron chi connectivity index (χ2n) is 6.10. The van der Waals surface area contributed by atoms with Gasteiger partial charge in [0.25, 0.3) is 0 Å². The van der Waals surface area contributed by atoms with Gasteiger partial charge in [0, 0.05) is 24.8 Å². The molecule has 1 N–H and O–H groups in total. The molecule has 0 radical (unpaired) electrons. The minimum absolute atomic E-state index is 0.755. The maximum Gasteiger partial charge on any atom is 0.129 e. The Hall–Kier alpha value is -1.09. The summed E-state index contributed by atoms with van der Waals surface area (Å²) >= 11 is 0. The van der Waals surface area contributed by atoms with Crippen LogP contribution in [0.1, 0.15) is 43.4 Å². The Kier molecular flexibility index (Phi) is 3.74. The smallest absolute Gasteiger partial charge is 0.129 e. The van der Waals surface area contributed by atoms with Crippen LogP contribution in [0.25, 0.3) is 0 Å². The van der Waals surface area contributed by atoms with E-state index < -0.39 is 0 Å². The molecular formula is C16H25N3. The number of hydrogen-bond acceptors (Lipinski definition) is 3. The van der Waals surface area contributed by atoms with Crippen LogP contribution in [0.15, 0.2) is 12.1 Å². The van der Waals surface area contributed by atoms with Crippen LogP contribution in [-0.2, 0) is 6.54 Å². The lowest BCUT2D eigenvalue weighted by molar-refractivity contribution is 0.341. The van der Waals surface area contributed by atoms with Gasteiger partial charge in [-0.2, -0.15) is 0 Å². The quantitative estimate of drug-likeness (QED) is 0.904. The first-order chi connectivity index (χ1) is 9.28. The van der Waals surface area contributed by atoms with Crippen LogP contribution < -0.4 is 10.2 Å². The van der Waals surface area contributed by atoms with Gasteiger partial charge in [0.05, 0.1) is 0 Å². The highest BCUT2D eigenvalue weighted by molar-refractivity contribution is 5.45. The fourth-order valence-electron chi connectivity index (χ4n) is 3.86. The van der Waals surface area contributed by atoms with Gasteiger partial charge < -0.3 is 10.2 Å². The van der Waals surface area contributed by atoms with E-state index in [1.54, 1.807) is 0 Å². The number of nitrogens with zero attached hydrogens (tertiary/aromatic N) is 2. The molecule has 0 bridgehead atoms. The third-order valence-corrected chi connectivity index (χ3v) is 4.68. The van der Waals surface area contributed by atoms with Crippen LogP contribution in [-0.4, -0.2) is 24.6 Å². The molecule has 2 heterocycles. The fraction of sp³-hybridized carbons (Fsp3) is 0.688. The number of pyridine rings is 1. The van der Waals surface area contributed by atoms with Crippen LogP contribution in [0.4, 0.5) is 5.82 Å². The lowest BCUT2D eigenvalue weighted by Crippen LogP contribution is -2.35. The van der Waals surface area contributed by atoms with Gasteiger partial charge in [0.15, 0.2) is 0 Å². The Morgan fingerprint density at radius 2 is 2.11 bits per heavy atom. The van der Waals surface area contributed by atoms with Gasteiger partial charge in [-0.15, -0.1) is 0 Å². The Bertz CT molecular complexity index is 444. The molecule has 0 amide bonds. The van der Waals surface area contributed by atoms with Gasteiger partial charge in [-0.3, -0.25) is 0 Å². The molecule has 19 heavy (non-hydrogen) atoms. The van der Waals surface area contributed by atoms with Crippen molar-refractivity contribution < 1.29 is 0 Å². The highest BCUT2D eigenvalue weighted by atomic mass is 15.2. The summed E-state index contributed by atoms with van der Waals surface area (Å²) in [5.41, 5.74) is 2.49. The SMILES string of the molecule is CNCc1cc(C)nc(N2CCC3CCCCC32)c1. The van der Waals surface area contributed by atoms with Gasteiger partial charge in [0.2, 0.25) is 0 Å². The van der Waals surface area contributed by atoms with Crippen LogP contribution in [0.3, 0.4) is 0 Å². The highest BCUT2D eigenvalue weighted by Gasteiger charge is 2.36. The van der Waals surface area contributed by atoms with E-state index in [2.05, 4.69) is 29.3 Å². The Morgan fingerprint density at radius 1 is 1.26 bits per heavy atom. The van der Waals surface area contributed by atoms with E-state index in [9.17, 15) is 0 Å². The van der Waals surface area contributed by atoms with Crippen molar-refractivity contribution in [3.8, 4) is 0 Å². The lowest BCUT2D eigenvalue weighted by atomic mass is 9.85. The van der Waals surface area contributed by atoms with Crippen molar-refractivity contribution in [2.45, 2.75) is 51.6 Å². The topological polar surface area (TPSA) is 28.2 Å². The summed E-state index contributed by atoms with van der Waals surface area (Å²) in [6.45, 7) is 4.24. The molecule has 2 atom stereocenters. The predicted octanol–water partition coefficient (Wildman–Crippen LogP) is 2.88. The van der Waals surface area contributed by atoms with Gasteiger partial charge in [-0.25, -0.2) is 4.98 Å². The van der Waals surface area contributed by atoms with Crippen molar-refractivity contribution in [2.75, 3.05) is 18.5 Å². The molecule has 0 spiro atoms. The summed E-state index contributed by atoms with van der Waals surface area (Å²) in [5, 5.41) is 3.24. The highest BCUT2D eigenvalue weighted by Crippen LogP contribution is 2.38. The van der Waals surface area contributed by atoms with Gasteiger partial charge in [0.1, 0.15) is 5.82 Å². The summed E-state index contributed by atoms with van der Waals surface area (Å²) in [7, 11) is 2.00. The molecule has 3 nitrogen and oxygen atoms in total. The van der Waals surface area contributed by atoms with Gasteiger partial charge in [-0.1, -0.05) is 12.8 Å². The van der Waals surface area contributed by atoms with Crippen molar-refractivity contribution in [3.63, 3.8) is 0 Å². The number of anilines is 1. The number of aryl methyl sites for hydroxylation is 1. The van der Waals surface area contributed by atoms with E-state index in [0.717, 1.165) is 24.2 Å². The maximum absolute atomic E-state index is 4.79. The molecule has 2 fully saturated rings. The Balaban J connectivity index is 1.85. The zero-order valence-corrected chi connectivity index (χ0v) is 12.2. The van der Waals surface area contributed by atoms with E-state index in [4.69, 9.17) is 4.98 Å². The second kappa shape index (κ2) is 5.49. The molecule has 104 valence electrons. The number of hydrogen-bond donors (Lipinski definition) is 1. The van der Waals surface area contributed by atoms with E-state index in [-0.39, 0.29) is 0 Å². The van der Waals surface area contributed by atoms with Crippen molar-refractivity contribution in [1.82, 2.24) is 10.3 Å². The molecule has 2 unspecified atom stereocenters. The molecule has 3 rings (SSSR count). The number of aromatic nitrogens is 1. The summed E-state index contributed by atoms with van der Waals surface area (Å²) in [6, 6.07) is 5.22. The number of fused-ring (bicyclic) bond motifs is 1. The van der Waals surface area contributed by atoms with Crippen LogP contribution in [0.2, 0.25) is 0 Å². The summed E-state index contributed by atoms with van der Waals surface area (Å²) in [5.74, 6) is 2.13. The molecule has 1 saturated carbocycles. The molecule has 1 aliphatic heterocycles. The normalized spacial score (nSPS) is 26.5. The van der Waals surface area contributed by atoms with E-state index in [1.165, 1.54) is 50.0 Å². The third kappa shape index (κ3) is 2.62. The number of rotatable bonds is 3. The van der Waals surface area contributed by atoms with Gasteiger partial charge in [-0.05, 0) is 56.8 Å². The van der Waals surface area contributed by atoms with E-state index >= 15 is 0 Å². The van der Waals surface area contributed by atoms with Crippen LogP contribution in [0, 0.1) is 12.8 Å². The molecule has 1 saturated heterocycles. The zero-order chi connectivity index (χ0) is 13.2. The molecule has 0 aromatic carbocycles. The molecule has 1 aromatic rings. The molecule has 3 heteroatoms. The fourth-order valence-corrected chi connectivity index (χ4v) is 3.86. The third-order valence-electron chi connectivity index (χ3n) is 4.68. The molecular weight excluding hydrogens is 234 g/mol. The first kappa shape index (κ1) is 12.9. The minimum atomic E-state index is 0.755. The van der Waals surface area contributed by atoms with Crippen molar-refractivity contribution in [2.24, 2.45) is 5.92 Å². The summed E-state index contributed by atoms with van der Waals surface area (Å²) in [6.07, 6.45) is 6.98. The first-order valence-electron chi connectivity index (χ1n) is 7.67. The largest absolute Gasteiger partial charge is 0.353 e. The lowest BCUT2D eigenvalue weighted by Gasteiger charge is -2.32. The van der Waals surface area contributed by atoms with Crippen LogP contribution >= 0.6 is 0 Å². The minimum Gasteiger partial charge on any atom is -0.353 e. The van der Waals surface area contributed by atoms with Crippen molar-refractivity contribution in [1.29, 1.82) is 0 Å². The average molecular weight is 259 g/mol. The van der Waals surface area contributed by atoms with Crippen LogP contribution in [0.5, 0.6) is 0 Å². The van der Waals surface area contributed by atoms with E-state index in [0.29, 0.717) is 0 Å². The van der Waals surface area contributed by atoms with E-state index in [1.807, 2.05) is 7.05 Å². The molecule has 2 aliphatic rings. The summed E-state index contributed by atoms with van der Waals surface area (Å²) < 4.78 is 0. The van der Waals surface area contributed by atoms with Crippen molar-refractivity contribution >= 4 is 5.82 Å². The molecule has 1 aliphatic carbocycles. The van der Waals surface area contributed by atoms with Gasteiger partial charge >= 0.3 is 0 Å². The predicted molar refractivity (Wildman–Crippen MR) is 79.4 cm³/mol. The first-order valence-corrected chi connectivity index (χ1v) is 7.67. The zero-order valence-electron chi connectivity index (χ0n) is 12.2. The Labute approximate surface area is 116 Å². The number of nitrogens with one attached hydrogen (secondary N) is 1. The Morgan fingerprint density at radius 3 is 2.95 bits per heavy atom.